The Labute approximate surface area is 241 Å². The van der Waals surface area contributed by atoms with Gasteiger partial charge in [-0.05, 0) is 86.6 Å². The molecule has 1 aromatic heterocycles. The molecule has 0 atom stereocenters. The average Bonchev–Trinajstić information content (AvgIpc) is 3.64. The molecule has 0 aliphatic carbocycles. The zero-order valence-corrected chi connectivity index (χ0v) is 23.5. The number of rotatable bonds is 8. The summed E-state index contributed by atoms with van der Waals surface area (Å²) in [5.41, 5.74) is -0.0243. The van der Waals surface area contributed by atoms with Gasteiger partial charge in [-0.3, -0.25) is 14.5 Å². The first-order valence-corrected chi connectivity index (χ1v) is 14.0. The number of hydrogen-bond acceptors (Lipinski definition) is 6. The minimum absolute atomic E-state index is 0.0259. The largest absolute Gasteiger partial charge is 0.858 e. The summed E-state index contributed by atoms with van der Waals surface area (Å²) in [7, 11) is 1.69. The summed E-state index contributed by atoms with van der Waals surface area (Å²) >= 11 is 0. The summed E-state index contributed by atoms with van der Waals surface area (Å²) in [6.07, 6.45) is -1.99. The van der Waals surface area contributed by atoms with E-state index in [1.165, 1.54) is 29.2 Å². The third kappa shape index (κ3) is 5.89. The molecule has 3 heterocycles. The van der Waals surface area contributed by atoms with Crippen molar-refractivity contribution in [3.05, 3.63) is 71.0 Å². The molecule has 1 fully saturated rings. The SMILES string of the molecule is CCCN=C([O-])c1cccc(-n2nc(C(F)(F)F)c3c2C(=O)N(c2ccc(N(C)C(=O)CN4CCCC4)cc2)CC3)c1. The van der Waals surface area contributed by atoms with Crippen molar-refractivity contribution in [3.63, 3.8) is 0 Å². The van der Waals surface area contributed by atoms with Gasteiger partial charge >= 0.3 is 6.18 Å². The minimum atomic E-state index is -4.77. The summed E-state index contributed by atoms with van der Waals surface area (Å²) in [5, 5.41) is 16.3. The number of halogens is 3. The fourth-order valence-corrected chi connectivity index (χ4v) is 5.33. The quantitative estimate of drug-likeness (QED) is 0.299. The van der Waals surface area contributed by atoms with Crippen molar-refractivity contribution in [2.45, 2.75) is 38.8 Å². The van der Waals surface area contributed by atoms with Crippen LogP contribution >= 0.6 is 0 Å². The zero-order chi connectivity index (χ0) is 30.0. The second-order valence-electron chi connectivity index (χ2n) is 10.5. The van der Waals surface area contributed by atoms with E-state index in [2.05, 4.69) is 15.0 Å². The number of benzene rings is 2. The van der Waals surface area contributed by atoms with Crippen molar-refractivity contribution >= 4 is 29.1 Å². The molecule has 3 aromatic rings. The molecule has 12 heteroatoms. The number of alkyl halides is 3. The van der Waals surface area contributed by atoms with Gasteiger partial charge in [0.2, 0.25) is 5.91 Å². The standard InChI is InChI=1S/C30H33F3N6O3/c1-3-14-34-28(41)20-7-6-8-23(18-20)39-26-24(27(35-39)30(31,32)33)13-17-38(29(26)42)22-11-9-21(10-12-22)36(2)25(40)19-37-15-4-5-16-37/h6-12,18H,3-5,13-17,19H2,1-2H3,(H,34,41)/p-1. The molecule has 0 saturated carbocycles. The topological polar surface area (TPSA) is 97.1 Å². The van der Waals surface area contributed by atoms with Gasteiger partial charge in [-0.1, -0.05) is 19.1 Å². The van der Waals surface area contributed by atoms with Crippen LogP contribution in [0.25, 0.3) is 5.69 Å². The Morgan fingerprint density at radius 3 is 2.45 bits per heavy atom. The van der Waals surface area contributed by atoms with Gasteiger partial charge in [0.15, 0.2) is 5.69 Å². The first-order chi connectivity index (χ1) is 20.1. The predicted octanol–water partition coefficient (Wildman–Crippen LogP) is 3.67. The maximum Gasteiger partial charge on any atom is 0.435 e. The van der Waals surface area contributed by atoms with Crippen LogP contribution in [0.5, 0.6) is 0 Å². The highest BCUT2D eigenvalue weighted by molar-refractivity contribution is 6.08. The number of carbonyl (C=O) groups is 2. The van der Waals surface area contributed by atoms with Crippen molar-refractivity contribution in [1.29, 1.82) is 0 Å². The fourth-order valence-electron chi connectivity index (χ4n) is 5.33. The molecule has 2 aromatic carbocycles. The lowest BCUT2D eigenvalue weighted by Crippen LogP contribution is -2.39. The van der Waals surface area contributed by atoms with Crippen LogP contribution in [0.15, 0.2) is 53.5 Å². The van der Waals surface area contributed by atoms with Crippen molar-refractivity contribution in [2.75, 3.05) is 49.6 Å². The van der Waals surface area contributed by atoms with Crippen molar-refractivity contribution < 1.29 is 27.9 Å². The highest BCUT2D eigenvalue weighted by Gasteiger charge is 2.43. The Hall–Kier alpha value is -4.19. The number of anilines is 2. The van der Waals surface area contributed by atoms with Crippen molar-refractivity contribution in [1.82, 2.24) is 14.7 Å². The highest BCUT2D eigenvalue weighted by atomic mass is 19.4. The van der Waals surface area contributed by atoms with Crippen LogP contribution in [0.4, 0.5) is 24.5 Å². The first-order valence-electron chi connectivity index (χ1n) is 14.0. The molecule has 0 unspecified atom stereocenters. The van der Waals surface area contributed by atoms with Crippen LogP contribution in [-0.4, -0.2) is 72.2 Å². The normalized spacial score (nSPS) is 16.2. The Morgan fingerprint density at radius 1 is 1.07 bits per heavy atom. The fraction of sp³-hybridized carbons (Fsp3) is 0.400. The van der Waals surface area contributed by atoms with Crippen molar-refractivity contribution in [2.24, 2.45) is 4.99 Å². The van der Waals surface area contributed by atoms with Gasteiger partial charge in [0.1, 0.15) is 5.69 Å². The molecule has 5 rings (SSSR count). The number of aliphatic imine (C=N–C) groups is 1. The summed E-state index contributed by atoms with van der Waals surface area (Å²) in [5.74, 6) is -1.18. The Kier molecular flexibility index (Phi) is 8.35. The van der Waals surface area contributed by atoms with Crippen LogP contribution in [0, 0.1) is 0 Å². The number of carbonyl (C=O) groups excluding carboxylic acids is 2. The molecule has 42 heavy (non-hydrogen) atoms. The molecule has 0 N–H and O–H groups in total. The van der Waals surface area contributed by atoms with E-state index in [4.69, 9.17) is 0 Å². The van der Waals surface area contributed by atoms with Gasteiger partial charge < -0.3 is 19.9 Å². The number of hydrogen-bond donors (Lipinski definition) is 0. The maximum atomic E-state index is 14.0. The predicted molar refractivity (Wildman–Crippen MR) is 151 cm³/mol. The van der Waals surface area contributed by atoms with E-state index < -0.39 is 23.7 Å². The van der Waals surface area contributed by atoms with Gasteiger partial charge in [-0.25, -0.2) is 4.68 Å². The molecular formula is C30H32F3N6O3-. The second kappa shape index (κ2) is 12.0. The molecule has 1 saturated heterocycles. The van der Waals surface area contributed by atoms with E-state index >= 15 is 0 Å². The lowest BCUT2D eigenvalue weighted by molar-refractivity contribution is -0.213. The molecule has 0 radical (unpaired) electrons. The van der Waals surface area contributed by atoms with E-state index in [1.54, 1.807) is 36.2 Å². The number of amides is 2. The van der Waals surface area contributed by atoms with E-state index in [-0.39, 0.29) is 41.4 Å². The van der Waals surface area contributed by atoms with E-state index in [0.29, 0.717) is 30.9 Å². The Bertz CT molecular complexity index is 1490. The van der Waals surface area contributed by atoms with E-state index in [9.17, 15) is 27.9 Å². The third-order valence-corrected chi connectivity index (χ3v) is 7.58. The Balaban J connectivity index is 1.44. The molecule has 0 spiro atoms. The lowest BCUT2D eigenvalue weighted by Gasteiger charge is -2.28. The van der Waals surface area contributed by atoms with Gasteiger partial charge in [-0.2, -0.15) is 18.3 Å². The summed E-state index contributed by atoms with van der Waals surface area (Å²) in [6.45, 7) is 4.36. The average molecular weight is 582 g/mol. The first kappa shape index (κ1) is 29.3. The molecule has 9 nitrogen and oxygen atoms in total. The van der Waals surface area contributed by atoms with Gasteiger partial charge in [0.05, 0.1) is 12.2 Å². The zero-order valence-electron chi connectivity index (χ0n) is 23.5. The van der Waals surface area contributed by atoms with Crippen LogP contribution < -0.4 is 14.9 Å². The molecule has 2 aliphatic rings. The summed E-state index contributed by atoms with van der Waals surface area (Å²) < 4.78 is 43.0. The van der Waals surface area contributed by atoms with Crippen molar-refractivity contribution in [3.8, 4) is 5.69 Å². The number of nitrogens with zero attached hydrogens (tertiary/aromatic N) is 6. The molecule has 2 aliphatic heterocycles. The Morgan fingerprint density at radius 2 is 1.79 bits per heavy atom. The minimum Gasteiger partial charge on any atom is -0.858 e. The third-order valence-electron chi connectivity index (χ3n) is 7.58. The number of fused-ring (bicyclic) bond motifs is 1. The van der Waals surface area contributed by atoms with Crippen LogP contribution in [0.2, 0.25) is 0 Å². The molecule has 0 bridgehead atoms. The monoisotopic (exact) mass is 581 g/mol. The second-order valence-corrected chi connectivity index (χ2v) is 10.5. The lowest BCUT2D eigenvalue weighted by atomic mass is 10.0. The molecule has 222 valence electrons. The van der Waals surface area contributed by atoms with E-state index in [0.717, 1.165) is 30.6 Å². The van der Waals surface area contributed by atoms with Crippen LogP contribution in [-0.2, 0) is 17.4 Å². The smallest absolute Gasteiger partial charge is 0.435 e. The van der Waals surface area contributed by atoms with E-state index in [1.807, 2.05) is 6.92 Å². The number of likely N-dealkylation sites (tertiary alicyclic amines) is 1. The van der Waals surface area contributed by atoms with Gasteiger partial charge in [0, 0.05) is 37.1 Å². The van der Waals surface area contributed by atoms with Crippen LogP contribution in [0.1, 0.15) is 53.5 Å². The maximum absolute atomic E-state index is 14.0. The van der Waals surface area contributed by atoms with Gasteiger partial charge in [-0.15, -0.1) is 0 Å². The van der Waals surface area contributed by atoms with Gasteiger partial charge in [0.25, 0.3) is 5.91 Å². The molecular weight excluding hydrogens is 549 g/mol. The summed E-state index contributed by atoms with van der Waals surface area (Å²) in [6, 6.07) is 12.7. The van der Waals surface area contributed by atoms with Crippen LogP contribution in [0.3, 0.4) is 0 Å². The number of likely N-dealkylation sites (N-methyl/N-ethyl adjacent to an activating group) is 1. The number of aromatic nitrogens is 2. The summed E-state index contributed by atoms with van der Waals surface area (Å²) in [4.78, 5) is 35.5. The highest BCUT2D eigenvalue weighted by Crippen LogP contribution is 2.37. The molecule has 2 amide bonds.